The summed E-state index contributed by atoms with van der Waals surface area (Å²) in [6.07, 6.45) is 0.147. The Bertz CT molecular complexity index is 918. The first-order valence-electron chi connectivity index (χ1n) is 7.42. The van der Waals surface area contributed by atoms with Crippen LogP contribution in [0.2, 0.25) is 5.02 Å². The molecular formula is C17H16ClN3O3. The highest BCUT2D eigenvalue weighted by Crippen LogP contribution is 2.18. The average molecular weight is 346 g/mol. The van der Waals surface area contributed by atoms with Crippen LogP contribution in [0, 0.1) is 0 Å². The average Bonchev–Trinajstić information content (AvgIpc) is 2.88. The highest BCUT2D eigenvalue weighted by atomic mass is 35.5. The number of rotatable bonds is 5. The van der Waals surface area contributed by atoms with Crippen molar-refractivity contribution in [1.29, 1.82) is 0 Å². The Labute approximate surface area is 143 Å². The van der Waals surface area contributed by atoms with Gasteiger partial charge < -0.3 is 4.42 Å². The number of fused-ring (bicyclic) bond motifs is 1. The van der Waals surface area contributed by atoms with E-state index >= 15 is 0 Å². The lowest BCUT2D eigenvalue weighted by Gasteiger charge is -2.20. The molecule has 1 amide bonds. The first-order valence-corrected chi connectivity index (χ1v) is 7.79. The van der Waals surface area contributed by atoms with E-state index in [0.29, 0.717) is 16.1 Å². The number of aromatic nitrogens is 1. The number of nitrogens with one attached hydrogen (secondary N) is 1. The molecule has 3 rings (SSSR count). The Morgan fingerprint density at radius 3 is 2.75 bits per heavy atom. The Hall–Kier alpha value is -2.73. The van der Waals surface area contributed by atoms with E-state index in [1.54, 1.807) is 30.3 Å². The van der Waals surface area contributed by atoms with Crippen LogP contribution in [0.1, 0.15) is 6.42 Å². The molecule has 1 N–H and O–H groups in total. The van der Waals surface area contributed by atoms with Crippen LogP contribution < -0.4 is 16.2 Å². The first kappa shape index (κ1) is 16.1. The number of oxazole rings is 1. The van der Waals surface area contributed by atoms with Crippen molar-refractivity contribution in [2.45, 2.75) is 13.0 Å². The molecule has 2 aromatic carbocycles. The molecule has 0 aliphatic carbocycles. The molecule has 24 heavy (non-hydrogen) atoms. The van der Waals surface area contributed by atoms with Crippen LogP contribution in [0.15, 0.2) is 57.7 Å². The van der Waals surface area contributed by atoms with Gasteiger partial charge in [-0.2, -0.15) is 0 Å². The third-order valence-electron chi connectivity index (χ3n) is 3.63. The summed E-state index contributed by atoms with van der Waals surface area (Å²) < 4.78 is 6.57. The molecule has 1 aromatic heterocycles. The van der Waals surface area contributed by atoms with Crippen LogP contribution in [0.3, 0.4) is 0 Å². The second kappa shape index (κ2) is 6.80. The smallest absolute Gasteiger partial charge is 0.408 e. The number of carbonyl (C=O) groups is 1. The van der Waals surface area contributed by atoms with E-state index < -0.39 is 5.76 Å². The molecule has 6 nitrogen and oxygen atoms in total. The molecule has 0 saturated carbocycles. The first-order chi connectivity index (χ1) is 11.5. The third-order valence-corrected chi connectivity index (χ3v) is 3.86. The zero-order chi connectivity index (χ0) is 17.1. The number of hydrogen-bond acceptors (Lipinski definition) is 4. The monoisotopic (exact) mass is 345 g/mol. The van der Waals surface area contributed by atoms with Crippen molar-refractivity contribution in [3.8, 4) is 0 Å². The second-order valence-electron chi connectivity index (χ2n) is 5.31. The maximum absolute atomic E-state index is 12.1. The van der Waals surface area contributed by atoms with Crippen molar-refractivity contribution >= 4 is 34.3 Å². The quantitative estimate of drug-likeness (QED) is 0.722. The summed E-state index contributed by atoms with van der Waals surface area (Å²) in [5, 5.41) is 2.13. The molecule has 3 aromatic rings. The van der Waals surface area contributed by atoms with Gasteiger partial charge in [-0.3, -0.25) is 19.8 Å². The van der Waals surface area contributed by atoms with E-state index in [9.17, 15) is 9.59 Å². The number of para-hydroxylation sites is 1. The molecule has 124 valence electrons. The molecule has 0 aliphatic heterocycles. The lowest BCUT2D eigenvalue weighted by atomic mass is 10.3. The van der Waals surface area contributed by atoms with Crippen LogP contribution in [0.4, 0.5) is 5.69 Å². The van der Waals surface area contributed by atoms with Gasteiger partial charge in [-0.05, 0) is 24.3 Å². The molecule has 0 unspecified atom stereocenters. The molecule has 0 fully saturated rings. The number of amides is 1. The van der Waals surface area contributed by atoms with Gasteiger partial charge in [-0.25, -0.2) is 4.79 Å². The van der Waals surface area contributed by atoms with Crippen LogP contribution in [-0.4, -0.2) is 17.5 Å². The number of aryl methyl sites for hydroxylation is 1. The zero-order valence-corrected chi connectivity index (χ0v) is 13.8. The van der Waals surface area contributed by atoms with Gasteiger partial charge in [-0.1, -0.05) is 29.8 Å². The Morgan fingerprint density at radius 2 is 2.00 bits per heavy atom. The molecule has 0 spiro atoms. The van der Waals surface area contributed by atoms with Gasteiger partial charge in [-0.15, -0.1) is 0 Å². The summed E-state index contributed by atoms with van der Waals surface area (Å²) in [5.74, 6) is -0.701. The molecule has 1 heterocycles. The summed E-state index contributed by atoms with van der Waals surface area (Å²) in [6.45, 7) is 0.224. The predicted octanol–water partition coefficient (Wildman–Crippen LogP) is 2.81. The fourth-order valence-corrected chi connectivity index (χ4v) is 2.59. The highest BCUT2D eigenvalue weighted by molar-refractivity contribution is 6.31. The summed E-state index contributed by atoms with van der Waals surface area (Å²) in [5.41, 5.74) is 4.66. The lowest BCUT2D eigenvalue weighted by molar-refractivity contribution is -0.121. The van der Waals surface area contributed by atoms with Crippen molar-refractivity contribution in [1.82, 2.24) is 9.99 Å². The minimum Gasteiger partial charge on any atom is -0.408 e. The van der Waals surface area contributed by atoms with Crippen LogP contribution in [0.5, 0.6) is 0 Å². The van der Waals surface area contributed by atoms with Gasteiger partial charge in [0.25, 0.3) is 0 Å². The van der Waals surface area contributed by atoms with E-state index in [4.69, 9.17) is 16.0 Å². The van der Waals surface area contributed by atoms with Crippen LogP contribution >= 0.6 is 11.6 Å². The minimum atomic E-state index is -0.503. The molecule has 0 bridgehead atoms. The molecule has 0 atom stereocenters. The highest BCUT2D eigenvalue weighted by Gasteiger charge is 2.12. The van der Waals surface area contributed by atoms with Crippen LogP contribution in [0.25, 0.3) is 11.1 Å². The van der Waals surface area contributed by atoms with E-state index in [2.05, 4.69) is 5.43 Å². The lowest BCUT2D eigenvalue weighted by Crippen LogP contribution is -2.39. The molecule has 0 saturated heterocycles. The summed E-state index contributed by atoms with van der Waals surface area (Å²) in [4.78, 5) is 24.0. The van der Waals surface area contributed by atoms with E-state index in [0.717, 1.165) is 5.69 Å². The topological polar surface area (TPSA) is 67.5 Å². The largest absolute Gasteiger partial charge is 0.419 e. The van der Waals surface area contributed by atoms with Crippen molar-refractivity contribution < 1.29 is 9.21 Å². The van der Waals surface area contributed by atoms with Crippen molar-refractivity contribution in [3.05, 3.63) is 64.1 Å². The second-order valence-corrected chi connectivity index (χ2v) is 5.75. The molecule has 0 aliphatic rings. The number of nitrogens with zero attached hydrogens (tertiary/aromatic N) is 2. The van der Waals surface area contributed by atoms with Crippen molar-refractivity contribution in [2.75, 3.05) is 12.1 Å². The van der Waals surface area contributed by atoms with Gasteiger partial charge in [0.15, 0.2) is 5.58 Å². The van der Waals surface area contributed by atoms with Gasteiger partial charge in [0.2, 0.25) is 5.91 Å². The number of carbonyl (C=O) groups excluding carboxylic acids is 1. The number of benzene rings is 2. The van der Waals surface area contributed by atoms with Gasteiger partial charge in [0, 0.05) is 31.1 Å². The number of hydrogen-bond donors (Lipinski definition) is 1. The van der Waals surface area contributed by atoms with Gasteiger partial charge in [0.05, 0.1) is 11.2 Å². The fourth-order valence-electron chi connectivity index (χ4n) is 2.42. The summed E-state index contributed by atoms with van der Waals surface area (Å²) >= 11 is 5.88. The Morgan fingerprint density at radius 1 is 1.25 bits per heavy atom. The zero-order valence-electron chi connectivity index (χ0n) is 13.0. The third kappa shape index (κ3) is 3.44. The maximum Gasteiger partial charge on any atom is 0.419 e. The van der Waals surface area contributed by atoms with Gasteiger partial charge in [0.1, 0.15) is 0 Å². The molecule has 7 heteroatoms. The maximum atomic E-state index is 12.1. The summed E-state index contributed by atoms with van der Waals surface area (Å²) in [7, 11) is 1.76. The Balaban J connectivity index is 1.67. The van der Waals surface area contributed by atoms with Crippen molar-refractivity contribution in [2.24, 2.45) is 0 Å². The van der Waals surface area contributed by atoms with E-state index in [-0.39, 0.29) is 18.9 Å². The van der Waals surface area contributed by atoms with Gasteiger partial charge >= 0.3 is 5.76 Å². The molecule has 0 radical (unpaired) electrons. The van der Waals surface area contributed by atoms with Crippen molar-refractivity contribution in [3.63, 3.8) is 0 Å². The van der Waals surface area contributed by atoms with E-state index in [1.165, 1.54) is 4.57 Å². The minimum absolute atomic E-state index is 0.147. The number of halogens is 1. The number of anilines is 1. The summed E-state index contributed by atoms with van der Waals surface area (Å²) in [6, 6.07) is 14.4. The Kier molecular flexibility index (Phi) is 4.57. The number of hydrazine groups is 1. The predicted molar refractivity (Wildman–Crippen MR) is 93.1 cm³/mol. The fraction of sp³-hybridized carbons (Fsp3) is 0.176. The standard InChI is InChI=1S/C17H16ClN3O3/c1-20(13-5-3-2-4-6-13)19-16(22)9-10-21-14-8-7-12(18)11-15(14)24-17(21)23/h2-8,11H,9-10H2,1H3,(H,19,22). The molecular weight excluding hydrogens is 330 g/mol. The SMILES string of the molecule is CN(NC(=O)CCn1c(=O)oc2cc(Cl)ccc21)c1ccccc1. The van der Waals surface area contributed by atoms with Crippen LogP contribution in [-0.2, 0) is 11.3 Å². The van der Waals surface area contributed by atoms with E-state index in [1.807, 2.05) is 30.3 Å². The normalized spacial score (nSPS) is 10.8.